The summed E-state index contributed by atoms with van der Waals surface area (Å²) in [4.78, 5) is 0. The zero-order chi connectivity index (χ0) is 21.5. The van der Waals surface area contributed by atoms with Gasteiger partial charge in [0, 0.05) is 5.92 Å². The molecule has 4 rings (SSSR count). The molecule has 3 heteroatoms. The number of benzene rings is 1. The third kappa shape index (κ3) is 3.44. The molecule has 2 aliphatic carbocycles. The Morgan fingerprint density at radius 2 is 1.67 bits per heavy atom. The van der Waals surface area contributed by atoms with Crippen molar-refractivity contribution in [1.29, 1.82) is 0 Å². The molecule has 0 bridgehead atoms. The molecule has 0 aromatic heterocycles. The van der Waals surface area contributed by atoms with Crippen LogP contribution in [0.4, 0.5) is 0 Å². The smallest absolute Gasteiger partial charge is 0.222 e. The van der Waals surface area contributed by atoms with E-state index in [2.05, 4.69) is 90.1 Å². The summed E-state index contributed by atoms with van der Waals surface area (Å²) < 4.78 is 12.8. The maximum absolute atomic E-state index is 6.43. The van der Waals surface area contributed by atoms with Crippen LogP contribution in [-0.2, 0) is 16.1 Å². The highest BCUT2D eigenvalue weighted by molar-refractivity contribution is 6.85. The minimum atomic E-state index is -1.57. The van der Waals surface area contributed by atoms with Crippen molar-refractivity contribution in [2.75, 3.05) is 0 Å². The topological polar surface area (TPSA) is 18.5 Å². The van der Waals surface area contributed by atoms with E-state index in [1.54, 1.807) is 5.57 Å². The van der Waals surface area contributed by atoms with Crippen molar-refractivity contribution in [3.8, 4) is 0 Å². The molecule has 2 nitrogen and oxygen atoms in total. The highest BCUT2D eigenvalue weighted by Gasteiger charge is 2.57. The lowest BCUT2D eigenvalue weighted by atomic mass is 9.74. The average Bonchev–Trinajstić information content (AvgIpc) is 2.69. The van der Waals surface area contributed by atoms with Crippen molar-refractivity contribution in [3.05, 3.63) is 71.0 Å². The predicted octanol–water partition coefficient (Wildman–Crippen LogP) is 7.77. The number of hydrogen-bond acceptors (Lipinski definition) is 2. The van der Waals surface area contributed by atoms with Crippen molar-refractivity contribution in [2.45, 2.75) is 89.4 Å². The lowest BCUT2D eigenvalue weighted by molar-refractivity contribution is -0.118. The van der Waals surface area contributed by atoms with Crippen LogP contribution in [0.25, 0.3) is 0 Å². The fraction of sp³-hybridized carbons (Fsp3) is 0.556. The summed E-state index contributed by atoms with van der Waals surface area (Å²) in [7, 11) is -1.57. The van der Waals surface area contributed by atoms with Crippen LogP contribution in [0.3, 0.4) is 0 Å². The monoisotopic (exact) mass is 422 g/mol. The van der Waals surface area contributed by atoms with Gasteiger partial charge in [0.05, 0.1) is 14.7 Å². The van der Waals surface area contributed by atoms with E-state index in [1.165, 1.54) is 17.6 Å². The molecule has 1 aliphatic heterocycles. The number of ether oxygens (including phenoxy) is 2. The first kappa shape index (κ1) is 21.6. The van der Waals surface area contributed by atoms with Crippen LogP contribution in [0.2, 0.25) is 22.2 Å². The number of rotatable bonds is 7. The first-order valence-electron chi connectivity index (χ1n) is 11.8. The molecule has 0 saturated heterocycles. The molecule has 0 N–H and O–H groups in total. The minimum absolute atomic E-state index is 0.219. The van der Waals surface area contributed by atoms with Crippen LogP contribution in [0.5, 0.6) is 0 Å². The van der Waals surface area contributed by atoms with Gasteiger partial charge >= 0.3 is 0 Å². The SMILES string of the molecule is CC(C)[Si](C(C)C)(C(C)C)C1CC2=C1C1CC=CC=C1OC2OCc1ccccc1. The fourth-order valence-corrected chi connectivity index (χ4v) is 14.9. The Labute approximate surface area is 184 Å². The van der Waals surface area contributed by atoms with Crippen molar-refractivity contribution in [1.82, 2.24) is 0 Å². The number of fused-ring (bicyclic) bond motifs is 2. The average molecular weight is 423 g/mol. The van der Waals surface area contributed by atoms with Gasteiger partial charge in [0.1, 0.15) is 5.76 Å². The van der Waals surface area contributed by atoms with Gasteiger partial charge in [0.15, 0.2) is 0 Å². The summed E-state index contributed by atoms with van der Waals surface area (Å²) in [5, 5.41) is 0. The van der Waals surface area contributed by atoms with E-state index in [0.29, 0.717) is 12.5 Å². The quantitative estimate of drug-likeness (QED) is 0.330. The van der Waals surface area contributed by atoms with E-state index < -0.39 is 8.07 Å². The Kier molecular flexibility index (Phi) is 6.14. The Morgan fingerprint density at radius 3 is 2.30 bits per heavy atom. The summed E-state index contributed by atoms with van der Waals surface area (Å²) in [5.41, 5.74) is 7.41. The number of allylic oxidation sites excluding steroid dienone is 4. The van der Waals surface area contributed by atoms with Crippen molar-refractivity contribution in [2.24, 2.45) is 5.92 Å². The Morgan fingerprint density at radius 1 is 1.00 bits per heavy atom. The molecule has 1 aromatic rings. The summed E-state index contributed by atoms with van der Waals surface area (Å²) in [5.74, 6) is 1.56. The molecule has 30 heavy (non-hydrogen) atoms. The Hall–Kier alpha value is -1.58. The summed E-state index contributed by atoms with van der Waals surface area (Å²) in [6.45, 7) is 15.5. The Bertz CT molecular complexity index is 825. The van der Waals surface area contributed by atoms with Gasteiger partial charge in [-0.1, -0.05) is 106 Å². The fourth-order valence-electron chi connectivity index (χ4n) is 6.98. The summed E-state index contributed by atoms with van der Waals surface area (Å²) in [6, 6.07) is 10.4. The molecule has 0 saturated carbocycles. The lowest BCUT2D eigenvalue weighted by Crippen LogP contribution is -2.55. The standard InChI is InChI=1S/C27H38O2Si/c1-18(2)30(19(3)4,20(5)6)25-16-23-26(25)22-14-10-11-15-24(22)29-27(23)28-17-21-12-8-7-9-13-21/h7-13,15,18-20,22,25,27H,14,16-17H2,1-6H3. The zero-order valence-corrected chi connectivity index (χ0v) is 20.5. The zero-order valence-electron chi connectivity index (χ0n) is 19.5. The molecule has 0 radical (unpaired) electrons. The van der Waals surface area contributed by atoms with Crippen LogP contribution in [-0.4, -0.2) is 14.4 Å². The van der Waals surface area contributed by atoms with Crippen LogP contribution in [0.15, 0.2) is 65.5 Å². The van der Waals surface area contributed by atoms with Gasteiger partial charge in [-0.3, -0.25) is 0 Å². The van der Waals surface area contributed by atoms with Crippen molar-refractivity contribution >= 4 is 8.07 Å². The van der Waals surface area contributed by atoms with E-state index in [4.69, 9.17) is 9.47 Å². The molecule has 3 aliphatic rings. The van der Waals surface area contributed by atoms with Gasteiger partial charge in [0.2, 0.25) is 6.29 Å². The highest BCUT2D eigenvalue weighted by Crippen LogP contribution is 2.64. The molecule has 3 atom stereocenters. The van der Waals surface area contributed by atoms with Gasteiger partial charge in [-0.15, -0.1) is 0 Å². The molecule has 0 fully saturated rings. The van der Waals surface area contributed by atoms with Gasteiger partial charge in [0.25, 0.3) is 0 Å². The second kappa shape index (κ2) is 8.51. The van der Waals surface area contributed by atoms with Crippen molar-refractivity contribution < 1.29 is 9.47 Å². The molecular weight excluding hydrogens is 384 g/mol. The maximum atomic E-state index is 6.43. The summed E-state index contributed by atoms with van der Waals surface area (Å²) in [6.07, 6.45) is 8.66. The van der Waals surface area contributed by atoms with Crippen LogP contribution in [0, 0.1) is 5.92 Å². The van der Waals surface area contributed by atoms with Gasteiger partial charge < -0.3 is 9.47 Å². The Balaban J connectivity index is 1.68. The second-order valence-electron chi connectivity index (χ2n) is 10.2. The van der Waals surface area contributed by atoms with Crippen LogP contribution < -0.4 is 0 Å². The number of hydrogen-bond donors (Lipinski definition) is 0. The molecule has 3 unspecified atom stereocenters. The van der Waals surface area contributed by atoms with E-state index in [-0.39, 0.29) is 6.29 Å². The predicted molar refractivity (Wildman–Crippen MR) is 128 cm³/mol. The molecular formula is C27H38O2Si. The highest BCUT2D eigenvalue weighted by atomic mass is 28.3. The molecule has 0 amide bonds. The van der Waals surface area contributed by atoms with E-state index in [0.717, 1.165) is 34.3 Å². The lowest BCUT2D eigenvalue weighted by Gasteiger charge is -2.58. The third-order valence-electron chi connectivity index (χ3n) is 8.03. The molecule has 1 aromatic carbocycles. The normalized spacial score (nSPS) is 25.8. The van der Waals surface area contributed by atoms with E-state index in [9.17, 15) is 0 Å². The first-order valence-corrected chi connectivity index (χ1v) is 14.1. The first-order chi connectivity index (χ1) is 14.4. The van der Waals surface area contributed by atoms with E-state index >= 15 is 0 Å². The van der Waals surface area contributed by atoms with Gasteiger partial charge in [-0.2, -0.15) is 0 Å². The summed E-state index contributed by atoms with van der Waals surface area (Å²) >= 11 is 0. The van der Waals surface area contributed by atoms with Gasteiger partial charge in [-0.05, 0) is 35.6 Å². The molecule has 162 valence electrons. The van der Waals surface area contributed by atoms with Gasteiger partial charge in [-0.25, -0.2) is 0 Å². The largest absolute Gasteiger partial charge is 0.465 e. The van der Waals surface area contributed by atoms with Crippen LogP contribution in [0.1, 0.15) is 59.9 Å². The second-order valence-corrected chi connectivity index (χ2v) is 16.4. The maximum Gasteiger partial charge on any atom is 0.222 e. The minimum Gasteiger partial charge on any atom is -0.465 e. The van der Waals surface area contributed by atoms with Crippen molar-refractivity contribution in [3.63, 3.8) is 0 Å². The third-order valence-corrected chi connectivity index (χ3v) is 15.8. The van der Waals surface area contributed by atoms with Crippen LogP contribution >= 0.6 is 0 Å². The molecule has 1 heterocycles. The van der Waals surface area contributed by atoms with E-state index in [1.807, 2.05) is 0 Å². The molecule has 0 spiro atoms.